The van der Waals surface area contributed by atoms with E-state index in [0.29, 0.717) is 63.0 Å². The largest absolute Gasteiger partial charge is 0.388 e. The maximum absolute atomic E-state index is 13.4. The van der Waals surface area contributed by atoms with Gasteiger partial charge in [-0.3, -0.25) is 14.4 Å². The second-order valence-corrected chi connectivity index (χ2v) is 10.0. The van der Waals surface area contributed by atoms with Crippen LogP contribution in [0.4, 0.5) is 0 Å². The van der Waals surface area contributed by atoms with Crippen molar-refractivity contribution in [3.05, 3.63) is 94.4 Å². The maximum Gasteiger partial charge on any atom is 0.255 e. The van der Waals surface area contributed by atoms with E-state index in [1.165, 1.54) is 10.6 Å². The number of rotatable bonds is 9. The van der Waals surface area contributed by atoms with Crippen LogP contribution < -0.4 is 5.56 Å². The van der Waals surface area contributed by atoms with Crippen molar-refractivity contribution < 1.29 is 14.7 Å². The van der Waals surface area contributed by atoms with Crippen LogP contribution in [0.2, 0.25) is 0 Å². The fourth-order valence-electron chi connectivity index (χ4n) is 5.11. The van der Waals surface area contributed by atoms with Gasteiger partial charge in [-0.2, -0.15) is 0 Å². The SMILES string of the molecule is CCN(CC)C(=O)c1cn(CC2(O)CCN(C(=O)CCc3ccccc3)CC2)c(=O)cc1-c1ccccc1. The highest BCUT2D eigenvalue weighted by atomic mass is 16.3. The number of amides is 2. The van der Waals surface area contributed by atoms with Crippen molar-refractivity contribution >= 4 is 11.8 Å². The molecule has 0 bridgehead atoms. The van der Waals surface area contributed by atoms with E-state index in [1.807, 2.05) is 74.5 Å². The number of likely N-dealkylation sites (tertiary alicyclic amines) is 1. The van der Waals surface area contributed by atoms with Gasteiger partial charge >= 0.3 is 0 Å². The Hall–Kier alpha value is -3.71. The lowest BCUT2D eigenvalue weighted by Crippen LogP contribution is -2.49. The van der Waals surface area contributed by atoms with Crippen LogP contribution in [0, 0.1) is 0 Å². The molecule has 1 N–H and O–H groups in total. The highest BCUT2D eigenvalue weighted by Gasteiger charge is 2.35. The zero-order valence-electron chi connectivity index (χ0n) is 22.3. The number of hydrogen-bond donors (Lipinski definition) is 1. The molecule has 1 aromatic heterocycles. The number of aromatic nitrogens is 1. The summed E-state index contributed by atoms with van der Waals surface area (Å²) in [7, 11) is 0. The molecular formula is C31H37N3O4. The summed E-state index contributed by atoms with van der Waals surface area (Å²) in [5.74, 6) is -0.0687. The van der Waals surface area contributed by atoms with Gasteiger partial charge in [0.05, 0.1) is 17.7 Å². The van der Waals surface area contributed by atoms with Gasteiger partial charge in [0.2, 0.25) is 5.91 Å². The van der Waals surface area contributed by atoms with Crippen LogP contribution in [0.3, 0.4) is 0 Å². The summed E-state index contributed by atoms with van der Waals surface area (Å²) in [5, 5.41) is 11.4. The zero-order valence-corrected chi connectivity index (χ0v) is 22.3. The van der Waals surface area contributed by atoms with Gasteiger partial charge in [-0.15, -0.1) is 0 Å². The Morgan fingerprint density at radius 1 is 0.947 bits per heavy atom. The molecule has 1 fully saturated rings. The Balaban J connectivity index is 1.50. The third kappa shape index (κ3) is 6.40. The van der Waals surface area contributed by atoms with Gasteiger partial charge < -0.3 is 19.5 Å². The number of piperidine rings is 1. The molecule has 2 heterocycles. The second-order valence-electron chi connectivity index (χ2n) is 10.0. The lowest BCUT2D eigenvalue weighted by atomic mass is 9.90. The Bertz CT molecular complexity index is 1290. The normalized spacial score (nSPS) is 14.8. The fourth-order valence-corrected chi connectivity index (χ4v) is 5.11. The summed E-state index contributed by atoms with van der Waals surface area (Å²) in [5.41, 5.74) is 1.56. The first-order valence-corrected chi connectivity index (χ1v) is 13.5. The number of aliphatic hydroxyl groups is 1. The molecule has 1 aliphatic heterocycles. The average Bonchev–Trinajstić information content (AvgIpc) is 2.94. The van der Waals surface area contributed by atoms with Crippen LogP contribution in [-0.2, 0) is 17.8 Å². The predicted molar refractivity (Wildman–Crippen MR) is 149 cm³/mol. The van der Waals surface area contributed by atoms with Crippen molar-refractivity contribution in [1.82, 2.24) is 14.4 Å². The standard InChI is InChI=1S/C31H37N3O4/c1-3-32(4-2)30(37)27-22-34(29(36)21-26(27)25-13-9-6-10-14-25)23-31(38)17-19-33(20-18-31)28(35)16-15-24-11-7-5-8-12-24/h5-14,21-22,38H,3-4,15-20,23H2,1-2H3. The molecule has 200 valence electrons. The first-order valence-electron chi connectivity index (χ1n) is 13.5. The minimum absolute atomic E-state index is 0.0749. The van der Waals surface area contributed by atoms with Crippen molar-refractivity contribution in [1.29, 1.82) is 0 Å². The molecule has 1 saturated heterocycles. The smallest absolute Gasteiger partial charge is 0.255 e. The van der Waals surface area contributed by atoms with Gasteiger partial charge in [-0.1, -0.05) is 60.7 Å². The van der Waals surface area contributed by atoms with Gasteiger partial charge in [-0.05, 0) is 44.2 Å². The molecule has 2 amide bonds. The lowest BCUT2D eigenvalue weighted by Gasteiger charge is -2.38. The average molecular weight is 516 g/mol. The van der Waals surface area contributed by atoms with Crippen molar-refractivity contribution in [3.63, 3.8) is 0 Å². The summed E-state index contributed by atoms with van der Waals surface area (Å²) in [6, 6.07) is 20.8. The quantitative estimate of drug-likeness (QED) is 0.467. The Morgan fingerprint density at radius 2 is 1.55 bits per heavy atom. The van der Waals surface area contributed by atoms with E-state index < -0.39 is 5.60 Å². The zero-order chi connectivity index (χ0) is 27.1. The number of hydrogen-bond acceptors (Lipinski definition) is 4. The maximum atomic E-state index is 13.4. The highest BCUT2D eigenvalue weighted by Crippen LogP contribution is 2.27. The molecule has 7 heteroatoms. The van der Waals surface area contributed by atoms with E-state index in [4.69, 9.17) is 0 Å². The van der Waals surface area contributed by atoms with E-state index in [0.717, 1.165) is 11.1 Å². The molecule has 0 spiro atoms. The minimum atomic E-state index is -1.14. The Kier molecular flexibility index (Phi) is 8.79. The molecule has 0 radical (unpaired) electrons. The molecule has 3 aromatic rings. The van der Waals surface area contributed by atoms with E-state index in [-0.39, 0.29) is 23.9 Å². The van der Waals surface area contributed by atoms with Crippen molar-refractivity contribution in [2.75, 3.05) is 26.2 Å². The second kappa shape index (κ2) is 12.2. The van der Waals surface area contributed by atoms with Gasteiger partial charge in [0.1, 0.15) is 0 Å². The third-order valence-corrected chi connectivity index (χ3v) is 7.47. The molecule has 0 aliphatic carbocycles. The number of carbonyl (C=O) groups is 2. The van der Waals surface area contributed by atoms with Crippen LogP contribution in [0.25, 0.3) is 11.1 Å². The lowest BCUT2D eigenvalue weighted by molar-refractivity contribution is -0.135. The molecule has 2 aromatic carbocycles. The topological polar surface area (TPSA) is 82.8 Å². The Morgan fingerprint density at radius 3 is 2.16 bits per heavy atom. The summed E-state index contributed by atoms with van der Waals surface area (Å²) in [6.45, 7) is 5.92. The molecule has 0 atom stereocenters. The van der Waals surface area contributed by atoms with Gasteiger partial charge in [0.15, 0.2) is 0 Å². The summed E-state index contributed by atoms with van der Waals surface area (Å²) < 4.78 is 1.45. The molecule has 0 unspecified atom stereocenters. The number of pyridine rings is 1. The van der Waals surface area contributed by atoms with Crippen molar-refractivity contribution in [2.45, 2.75) is 51.7 Å². The van der Waals surface area contributed by atoms with Crippen LogP contribution in [-0.4, -0.2) is 63.1 Å². The predicted octanol–water partition coefficient (Wildman–Crippen LogP) is 3.98. The monoisotopic (exact) mass is 515 g/mol. The fraction of sp³-hybridized carbons (Fsp3) is 0.387. The molecule has 0 saturated carbocycles. The van der Waals surface area contributed by atoms with Gasteiger partial charge in [0, 0.05) is 50.4 Å². The summed E-state index contributed by atoms with van der Waals surface area (Å²) in [6.07, 6.45) is 3.46. The van der Waals surface area contributed by atoms with E-state index >= 15 is 0 Å². The molecule has 1 aliphatic rings. The first kappa shape index (κ1) is 27.3. The third-order valence-electron chi connectivity index (χ3n) is 7.47. The Labute approximate surface area is 224 Å². The van der Waals surface area contributed by atoms with Gasteiger partial charge in [-0.25, -0.2) is 0 Å². The van der Waals surface area contributed by atoms with E-state index in [2.05, 4.69) is 0 Å². The number of aryl methyl sites for hydroxylation is 1. The highest BCUT2D eigenvalue weighted by molar-refractivity contribution is 6.00. The van der Waals surface area contributed by atoms with Crippen LogP contribution in [0.5, 0.6) is 0 Å². The van der Waals surface area contributed by atoms with Gasteiger partial charge in [0.25, 0.3) is 11.5 Å². The molecule has 4 rings (SSSR count). The molecule has 38 heavy (non-hydrogen) atoms. The summed E-state index contributed by atoms with van der Waals surface area (Å²) in [4.78, 5) is 42.9. The van der Waals surface area contributed by atoms with Crippen molar-refractivity contribution in [3.8, 4) is 11.1 Å². The van der Waals surface area contributed by atoms with E-state index in [1.54, 1.807) is 16.0 Å². The summed E-state index contributed by atoms with van der Waals surface area (Å²) >= 11 is 0. The van der Waals surface area contributed by atoms with Crippen molar-refractivity contribution in [2.24, 2.45) is 0 Å². The molecule has 7 nitrogen and oxygen atoms in total. The number of carbonyl (C=O) groups excluding carboxylic acids is 2. The number of benzene rings is 2. The molecular weight excluding hydrogens is 478 g/mol. The number of nitrogens with zero attached hydrogens (tertiary/aromatic N) is 3. The van der Waals surface area contributed by atoms with Crippen LogP contribution >= 0.6 is 0 Å². The van der Waals surface area contributed by atoms with Crippen LogP contribution in [0.1, 0.15) is 49.0 Å². The van der Waals surface area contributed by atoms with Crippen LogP contribution in [0.15, 0.2) is 77.7 Å². The van der Waals surface area contributed by atoms with E-state index in [9.17, 15) is 19.5 Å². The first-order chi connectivity index (χ1) is 18.3. The minimum Gasteiger partial charge on any atom is -0.388 e.